The summed E-state index contributed by atoms with van der Waals surface area (Å²) in [6, 6.07) is 18.7. The van der Waals surface area contributed by atoms with Crippen molar-refractivity contribution < 1.29 is 14.6 Å². The number of benzene rings is 2. The maximum atomic E-state index is 11.3. The predicted octanol–water partition coefficient (Wildman–Crippen LogP) is 2.59. The molecule has 0 bridgehead atoms. The summed E-state index contributed by atoms with van der Waals surface area (Å²) in [5.41, 5.74) is 1.23. The molecule has 1 aromatic heterocycles. The van der Waals surface area contributed by atoms with E-state index in [-0.39, 0.29) is 5.69 Å². The average Bonchev–Trinajstić information content (AvgIpc) is 3.01. The zero-order valence-electron chi connectivity index (χ0n) is 12.3. The summed E-state index contributed by atoms with van der Waals surface area (Å²) in [7, 11) is 0. The first kappa shape index (κ1) is 14.8. The molecule has 0 fully saturated rings. The second-order valence-corrected chi connectivity index (χ2v) is 4.85. The van der Waals surface area contributed by atoms with Crippen molar-refractivity contribution in [3.63, 3.8) is 0 Å². The topological polar surface area (TPSA) is 77.2 Å². The Hall–Kier alpha value is -3.15. The van der Waals surface area contributed by atoms with Crippen LogP contribution >= 0.6 is 0 Å². The SMILES string of the molecule is O=C(O)c1nnn(-c2ccccc2)c1CCOc1ccccc1. The predicted molar refractivity (Wildman–Crippen MR) is 84.0 cm³/mol. The Kier molecular flexibility index (Phi) is 4.33. The Bertz CT molecular complexity index is 785. The van der Waals surface area contributed by atoms with Gasteiger partial charge in [0.05, 0.1) is 18.0 Å². The third-order valence-electron chi connectivity index (χ3n) is 3.32. The van der Waals surface area contributed by atoms with Crippen LogP contribution < -0.4 is 4.74 Å². The highest BCUT2D eigenvalue weighted by atomic mass is 16.5. The largest absolute Gasteiger partial charge is 0.493 e. The Morgan fingerprint density at radius 3 is 2.35 bits per heavy atom. The standard InChI is InChI=1S/C17H15N3O3/c21-17(22)16-15(11-12-23-14-9-5-2-6-10-14)20(19-18-16)13-7-3-1-4-8-13/h1-10H,11-12H2,(H,21,22). The number of carboxylic acid groups (broad SMARTS) is 1. The molecule has 0 radical (unpaired) electrons. The van der Waals surface area contributed by atoms with Crippen molar-refractivity contribution in [3.05, 3.63) is 72.1 Å². The number of carbonyl (C=O) groups is 1. The number of carboxylic acids is 1. The molecule has 0 atom stereocenters. The van der Waals surface area contributed by atoms with Crippen molar-refractivity contribution in [1.29, 1.82) is 0 Å². The molecule has 3 aromatic rings. The summed E-state index contributed by atoms with van der Waals surface area (Å²) in [5, 5.41) is 17.0. The van der Waals surface area contributed by atoms with E-state index in [1.807, 2.05) is 60.7 Å². The van der Waals surface area contributed by atoms with E-state index in [9.17, 15) is 9.90 Å². The highest BCUT2D eigenvalue weighted by Crippen LogP contribution is 2.15. The molecule has 6 heteroatoms. The lowest BCUT2D eigenvalue weighted by molar-refractivity contribution is 0.0689. The van der Waals surface area contributed by atoms with Crippen molar-refractivity contribution in [2.75, 3.05) is 6.61 Å². The van der Waals surface area contributed by atoms with Gasteiger partial charge in [0.1, 0.15) is 5.75 Å². The molecule has 23 heavy (non-hydrogen) atoms. The molecule has 1 N–H and O–H groups in total. The van der Waals surface area contributed by atoms with Crippen LogP contribution in [0.2, 0.25) is 0 Å². The van der Waals surface area contributed by atoms with Gasteiger partial charge in [0.25, 0.3) is 0 Å². The minimum Gasteiger partial charge on any atom is -0.493 e. The van der Waals surface area contributed by atoms with E-state index in [1.165, 1.54) is 4.68 Å². The zero-order chi connectivity index (χ0) is 16.1. The lowest BCUT2D eigenvalue weighted by Gasteiger charge is -2.08. The normalized spacial score (nSPS) is 10.4. The highest BCUT2D eigenvalue weighted by molar-refractivity contribution is 5.86. The number of nitrogens with zero attached hydrogens (tertiary/aromatic N) is 3. The maximum absolute atomic E-state index is 11.3. The van der Waals surface area contributed by atoms with Crippen LogP contribution in [0.15, 0.2) is 60.7 Å². The van der Waals surface area contributed by atoms with E-state index in [0.29, 0.717) is 18.7 Å². The molecule has 0 saturated heterocycles. The molecule has 0 amide bonds. The van der Waals surface area contributed by atoms with Gasteiger partial charge >= 0.3 is 5.97 Å². The summed E-state index contributed by atoms with van der Waals surface area (Å²) < 4.78 is 7.18. The lowest BCUT2D eigenvalue weighted by Crippen LogP contribution is -2.11. The highest BCUT2D eigenvalue weighted by Gasteiger charge is 2.19. The zero-order valence-corrected chi connectivity index (χ0v) is 12.3. The number of para-hydroxylation sites is 2. The van der Waals surface area contributed by atoms with E-state index in [2.05, 4.69) is 10.3 Å². The molecule has 0 aliphatic carbocycles. The Morgan fingerprint density at radius 2 is 1.70 bits per heavy atom. The van der Waals surface area contributed by atoms with Crippen LogP contribution in [0.25, 0.3) is 5.69 Å². The summed E-state index contributed by atoms with van der Waals surface area (Å²) >= 11 is 0. The Morgan fingerprint density at radius 1 is 1.04 bits per heavy atom. The van der Waals surface area contributed by atoms with Crippen molar-refractivity contribution in [2.45, 2.75) is 6.42 Å². The molecular weight excluding hydrogens is 294 g/mol. The second-order valence-electron chi connectivity index (χ2n) is 4.85. The van der Waals surface area contributed by atoms with E-state index in [0.717, 1.165) is 11.4 Å². The number of aromatic nitrogens is 3. The second kappa shape index (κ2) is 6.74. The molecule has 6 nitrogen and oxygen atoms in total. The van der Waals surface area contributed by atoms with Gasteiger partial charge in [-0.25, -0.2) is 9.48 Å². The molecule has 0 unspecified atom stereocenters. The first-order valence-corrected chi connectivity index (χ1v) is 7.17. The quantitative estimate of drug-likeness (QED) is 0.757. The summed E-state index contributed by atoms with van der Waals surface area (Å²) in [4.78, 5) is 11.3. The maximum Gasteiger partial charge on any atom is 0.358 e. The van der Waals surface area contributed by atoms with Gasteiger partial charge in [0, 0.05) is 6.42 Å². The first-order chi connectivity index (χ1) is 11.3. The number of aromatic carboxylic acids is 1. The Balaban J connectivity index is 1.82. The summed E-state index contributed by atoms with van der Waals surface area (Å²) in [6.45, 7) is 0.338. The van der Waals surface area contributed by atoms with Crippen molar-refractivity contribution in [2.24, 2.45) is 0 Å². The average molecular weight is 309 g/mol. The van der Waals surface area contributed by atoms with E-state index in [4.69, 9.17) is 4.74 Å². The van der Waals surface area contributed by atoms with Gasteiger partial charge in [0.15, 0.2) is 5.69 Å². The number of ether oxygens (including phenoxy) is 1. The fourth-order valence-electron chi connectivity index (χ4n) is 2.25. The van der Waals surface area contributed by atoms with Crippen LogP contribution in [0, 0.1) is 0 Å². The van der Waals surface area contributed by atoms with Crippen LogP contribution in [-0.2, 0) is 6.42 Å². The monoisotopic (exact) mass is 309 g/mol. The first-order valence-electron chi connectivity index (χ1n) is 7.17. The Labute approximate surface area is 133 Å². The molecular formula is C17H15N3O3. The molecule has 2 aromatic carbocycles. The number of rotatable bonds is 6. The number of hydrogen-bond donors (Lipinski definition) is 1. The van der Waals surface area contributed by atoms with E-state index < -0.39 is 5.97 Å². The third kappa shape index (κ3) is 3.37. The number of hydrogen-bond acceptors (Lipinski definition) is 4. The van der Waals surface area contributed by atoms with Gasteiger partial charge in [-0.2, -0.15) is 0 Å². The summed E-state index contributed by atoms with van der Waals surface area (Å²) in [6.07, 6.45) is 0.387. The third-order valence-corrected chi connectivity index (χ3v) is 3.32. The van der Waals surface area contributed by atoms with Crippen LogP contribution in [0.3, 0.4) is 0 Å². The lowest BCUT2D eigenvalue weighted by atomic mass is 10.2. The summed E-state index contributed by atoms with van der Waals surface area (Å²) in [5.74, 6) is -0.356. The van der Waals surface area contributed by atoms with Gasteiger partial charge in [-0.3, -0.25) is 0 Å². The minimum absolute atomic E-state index is 0.0504. The van der Waals surface area contributed by atoms with Gasteiger partial charge in [-0.05, 0) is 24.3 Å². The van der Waals surface area contributed by atoms with Crippen LogP contribution in [-0.4, -0.2) is 32.7 Å². The van der Waals surface area contributed by atoms with Gasteiger partial charge in [-0.15, -0.1) is 5.10 Å². The van der Waals surface area contributed by atoms with Gasteiger partial charge in [0.2, 0.25) is 0 Å². The fourth-order valence-corrected chi connectivity index (χ4v) is 2.25. The minimum atomic E-state index is -1.10. The van der Waals surface area contributed by atoms with Gasteiger partial charge < -0.3 is 9.84 Å². The molecule has 0 spiro atoms. The van der Waals surface area contributed by atoms with Crippen molar-refractivity contribution in [1.82, 2.24) is 15.0 Å². The van der Waals surface area contributed by atoms with Crippen LogP contribution in [0.5, 0.6) is 5.75 Å². The molecule has 116 valence electrons. The van der Waals surface area contributed by atoms with Gasteiger partial charge in [-0.1, -0.05) is 41.6 Å². The van der Waals surface area contributed by atoms with E-state index in [1.54, 1.807) is 0 Å². The molecule has 0 saturated carbocycles. The molecule has 1 heterocycles. The fraction of sp³-hybridized carbons (Fsp3) is 0.118. The van der Waals surface area contributed by atoms with Crippen LogP contribution in [0.4, 0.5) is 0 Å². The smallest absolute Gasteiger partial charge is 0.358 e. The molecule has 0 aliphatic rings. The van der Waals surface area contributed by atoms with E-state index >= 15 is 0 Å². The molecule has 3 rings (SSSR count). The van der Waals surface area contributed by atoms with Crippen molar-refractivity contribution in [3.8, 4) is 11.4 Å². The van der Waals surface area contributed by atoms with Crippen LogP contribution in [0.1, 0.15) is 16.2 Å². The van der Waals surface area contributed by atoms with Crippen molar-refractivity contribution >= 4 is 5.97 Å². The molecule has 0 aliphatic heterocycles.